The van der Waals surface area contributed by atoms with Crippen molar-refractivity contribution in [3.63, 3.8) is 0 Å². The highest BCUT2D eigenvalue weighted by Gasteiger charge is 2.00. The van der Waals surface area contributed by atoms with Crippen molar-refractivity contribution < 1.29 is 4.79 Å². The van der Waals surface area contributed by atoms with Gasteiger partial charge in [-0.1, -0.05) is 6.92 Å². The van der Waals surface area contributed by atoms with Crippen LogP contribution in [0.15, 0.2) is 0 Å². The van der Waals surface area contributed by atoms with Crippen LogP contribution in [0, 0.1) is 0 Å². The Balaban J connectivity index is 3.16. The van der Waals surface area contributed by atoms with Crippen molar-refractivity contribution in [2.24, 2.45) is 11.5 Å². The summed E-state index contributed by atoms with van der Waals surface area (Å²) in [6.45, 7) is 1.99. The second kappa shape index (κ2) is 4.32. The molecule has 0 rings (SSSR count). The standard InChI is InChI=1S/C6H14N2O/c1-2-5(7)3-4-6(8)9/h5H,2-4,7H2,1H3,(H2,8,9)/t5-/m1/s1. The molecule has 0 aromatic heterocycles. The van der Waals surface area contributed by atoms with E-state index >= 15 is 0 Å². The zero-order valence-corrected chi connectivity index (χ0v) is 5.76. The number of carbonyl (C=O) groups is 1. The largest absolute Gasteiger partial charge is 0.370 e. The van der Waals surface area contributed by atoms with E-state index in [4.69, 9.17) is 11.5 Å². The van der Waals surface area contributed by atoms with Crippen LogP contribution < -0.4 is 11.5 Å². The van der Waals surface area contributed by atoms with Gasteiger partial charge in [-0.2, -0.15) is 0 Å². The van der Waals surface area contributed by atoms with E-state index in [1.165, 1.54) is 0 Å². The summed E-state index contributed by atoms with van der Waals surface area (Å²) in [7, 11) is 0. The Morgan fingerprint density at radius 2 is 2.22 bits per heavy atom. The molecule has 1 amide bonds. The van der Waals surface area contributed by atoms with Crippen LogP contribution in [0.5, 0.6) is 0 Å². The Hall–Kier alpha value is -0.570. The summed E-state index contributed by atoms with van der Waals surface area (Å²) in [6.07, 6.45) is 2.04. The Bertz CT molecular complexity index is 93.1. The highest BCUT2D eigenvalue weighted by Crippen LogP contribution is 1.96. The van der Waals surface area contributed by atoms with Crippen LogP contribution in [0.25, 0.3) is 0 Å². The third-order valence-electron chi connectivity index (χ3n) is 1.29. The summed E-state index contributed by atoms with van der Waals surface area (Å²) >= 11 is 0. The molecule has 0 aliphatic heterocycles. The molecular formula is C6H14N2O. The van der Waals surface area contributed by atoms with Crippen molar-refractivity contribution in [3.05, 3.63) is 0 Å². The maximum Gasteiger partial charge on any atom is 0.217 e. The van der Waals surface area contributed by atoms with E-state index in [0.29, 0.717) is 12.8 Å². The van der Waals surface area contributed by atoms with Gasteiger partial charge in [0, 0.05) is 12.5 Å². The molecule has 0 heterocycles. The predicted molar refractivity (Wildman–Crippen MR) is 36.7 cm³/mol. The molecule has 0 unspecified atom stereocenters. The zero-order chi connectivity index (χ0) is 7.28. The predicted octanol–water partition coefficient (Wildman–Crippen LogP) is -0.0108. The molecule has 9 heavy (non-hydrogen) atoms. The van der Waals surface area contributed by atoms with Gasteiger partial charge in [0.05, 0.1) is 0 Å². The Labute approximate surface area is 55.4 Å². The Morgan fingerprint density at radius 3 is 2.56 bits per heavy atom. The fourth-order valence-corrected chi connectivity index (χ4v) is 0.532. The normalized spacial score (nSPS) is 13.1. The summed E-state index contributed by atoms with van der Waals surface area (Å²) in [5, 5.41) is 0. The van der Waals surface area contributed by atoms with Crippen molar-refractivity contribution >= 4 is 5.91 Å². The van der Waals surface area contributed by atoms with E-state index < -0.39 is 0 Å². The van der Waals surface area contributed by atoms with E-state index in [1.807, 2.05) is 6.92 Å². The lowest BCUT2D eigenvalue weighted by Crippen LogP contribution is -2.21. The van der Waals surface area contributed by atoms with Crippen molar-refractivity contribution in [3.8, 4) is 0 Å². The first kappa shape index (κ1) is 8.43. The zero-order valence-electron chi connectivity index (χ0n) is 5.76. The fraction of sp³-hybridized carbons (Fsp3) is 0.833. The van der Waals surface area contributed by atoms with Gasteiger partial charge in [-0.15, -0.1) is 0 Å². The van der Waals surface area contributed by atoms with Gasteiger partial charge in [-0.3, -0.25) is 4.79 Å². The first-order valence-corrected chi connectivity index (χ1v) is 3.20. The van der Waals surface area contributed by atoms with Crippen molar-refractivity contribution in [2.75, 3.05) is 0 Å². The summed E-state index contributed by atoms with van der Waals surface area (Å²) in [4.78, 5) is 10.2. The molecule has 0 bridgehead atoms. The molecule has 0 aromatic carbocycles. The van der Waals surface area contributed by atoms with Crippen LogP contribution in [0.4, 0.5) is 0 Å². The van der Waals surface area contributed by atoms with Gasteiger partial charge in [0.2, 0.25) is 5.91 Å². The van der Waals surface area contributed by atoms with Crippen LogP contribution in [-0.4, -0.2) is 11.9 Å². The maximum atomic E-state index is 10.2. The summed E-state index contributed by atoms with van der Waals surface area (Å²) < 4.78 is 0. The number of hydrogen-bond acceptors (Lipinski definition) is 2. The number of nitrogens with two attached hydrogens (primary N) is 2. The minimum atomic E-state index is -0.265. The first-order chi connectivity index (χ1) is 4.16. The highest BCUT2D eigenvalue weighted by atomic mass is 16.1. The maximum absolute atomic E-state index is 10.2. The van der Waals surface area contributed by atoms with Crippen LogP contribution in [-0.2, 0) is 4.79 Å². The average molecular weight is 130 g/mol. The number of amides is 1. The summed E-state index contributed by atoms with van der Waals surface area (Å²) in [5.74, 6) is -0.265. The Morgan fingerprint density at radius 1 is 1.67 bits per heavy atom. The molecule has 0 aliphatic carbocycles. The van der Waals surface area contributed by atoms with Crippen LogP contribution >= 0.6 is 0 Å². The van der Waals surface area contributed by atoms with Crippen LogP contribution in [0.2, 0.25) is 0 Å². The minimum absolute atomic E-state index is 0.137. The molecule has 0 saturated carbocycles. The lowest BCUT2D eigenvalue weighted by Gasteiger charge is -2.04. The van der Waals surface area contributed by atoms with E-state index in [0.717, 1.165) is 6.42 Å². The molecule has 54 valence electrons. The third kappa shape index (κ3) is 5.30. The molecule has 4 N–H and O–H groups in total. The lowest BCUT2D eigenvalue weighted by atomic mass is 10.1. The Kier molecular flexibility index (Phi) is 4.05. The van der Waals surface area contributed by atoms with E-state index in [1.54, 1.807) is 0 Å². The molecule has 0 fully saturated rings. The van der Waals surface area contributed by atoms with Gasteiger partial charge in [0.1, 0.15) is 0 Å². The molecule has 0 spiro atoms. The SMILES string of the molecule is CC[C@@H](N)CCC(N)=O. The molecule has 0 radical (unpaired) electrons. The van der Waals surface area contributed by atoms with E-state index in [9.17, 15) is 4.79 Å². The van der Waals surface area contributed by atoms with Gasteiger partial charge < -0.3 is 11.5 Å². The fourth-order valence-electron chi connectivity index (χ4n) is 0.532. The molecule has 1 atom stereocenters. The first-order valence-electron chi connectivity index (χ1n) is 3.20. The van der Waals surface area contributed by atoms with Crippen molar-refractivity contribution in [1.29, 1.82) is 0 Å². The number of hydrogen-bond donors (Lipinski definition) is 2. The number of primary amides is 1. The van der Waals surface area contributed by atoms with Crippen molar-refractivity contribution in [1.82, 2.24) is 0 Å². The number of rotatable bonds is 4. The summed E-state index contributed by atoms with van der Waals surface area (Å²) in [5.41, 5.74) is 10.4. The van der Waals surface area contributed by atoms with Crippen molar-refractivity contribution in [2.45, 2.75) is 32.2 Å². The van der Waals surface area contributed by atoms with Gasteiger partial charge in [-0.05, 0) is 12.8 Å². The summed E-state index contributed by atoms with van der Waals surface area (Å²) in [6, 6.07) is 0.137. The second-order valence-electron chi connectivity index (χ2n) is 2.17. The monoisotopic (exact) mass is 130 g/mol. The molecular weight excluding hydrogens is 116 g/mol. The van der Waals surface area contributed by atoms with Gasteiger partial charge >= 0.3 is 0 Å². The topological polar surface area (TPSA) is 69.1 Å². The molecule has 3 heteroatoms. The van der Waals surface area contributed by atoms with E-state index in [2.05, 4.69) is 0 Å². The highest BCUT2D eigenvalue weighted by molar-refractivity contribution is 5.73. The van der Waals surface area contributed by atoms with Gasteiger partial charge in [-0.25, -0.2) is 0 Å². The molecule has 0 aliphatic rings. The van der Waals surface area contributed by atoms with Crippen LogP contribution in [0.3, 0.4) is 0 Å². The third-order valence-corrected chi connectivity index (χ3v) is 1.29. The number of carbonyl (C=O) groups excluding carboxylic acids is 1. The minimum Gasteiger partial charge on any atom is -0.370 e. The molecule has 3 nitrogen and oxygen atoms in total. The quantitative estimate of drug-likeness (QED) is 0.562. The second-order valence-corrected chi connectivity index (χ2v) is 2.17. The average Bonchev–Trinajstić information content (AvgIpc) is 1.83. The van der Waals surface area contributed by atoms with Crippen LogP contribution in [0.1, 0.15) is 26.2 Å². The molecule has 0 saturated heterocycles. The smallest absolute Gasteiger partial charge is 0.217 e. The van der Waals surface area contributed by atoms with Gasteiger partial charge in [0.15, 0.2) is 0 Å². The van der Waals surface area contributed by atoms with Gasteiger partial charge in [0.25, 0.3) is 0 Å². The molecule has 0 aromatic rings. The lowest BCUT2D eigenvalue weighted by molar-refractivity contribution is -0.118. The van der Waals surface area contributed by atoms with E-state index in [-0.39, 0.29) is 11.9 Å².